The van der Waals surface area contributed by atoms with Crippen LogP contribution in [-0.2, 0) is 17.8 Å². The molecule has 1 aromatic heterocycles. The highest BCUT2D eigenvalue weighted by molar-refractivity contribution is 5.84. The number of nitrogens with one attached hydrogen (secondary N) is 2. The number of aromatic nitrogens is 1. The third kappa shape index (κ3) is 4.23. The van der Waals surface area contributed by atoms with E-state index in [0.717, 1.165) is 22.0 Å². The molecule has 0 aliphatic rings. The number of rotatable bonds is 9. The first-order valence-electron chi connectivity index (χ1n) is 8.93. The maximum absolute atomic E-state index is 11.8. The van der Waals surface area contributed by atoms with Crippen molar-refractivity contribution >= 4 is 16.9 Å². The molecule has 6 nitrogen and oxygen atoms in total. The Morgan fingerprint density at radius 2 is 2.00 bits per heavy atom. The van der Waals surface area contributed by atoms with Crippen LogP contribution >= 0.6 is 0 Å². The Bertz CT molecular complexity index is 919. The normalized spacial score (nSPS) is 12.1. The fourth-order valence-corrected chi connectivity index (χ4v) is 3.17. The molecular formula is C21H24N2O4. The van der Waals surface area contributed by atoms with Gasteiger partial charge >= 0.3 is 5.97 Å². The number of ether oxygens (including phenoxy) is 2. The van der Waals surface area contributed by atoms with Gasteiger partial charge in [-0.2, -0.15) is 0 Å². The van der Waals surface area contributed by atoms with Crippen molar-refractivity contribution in [2.75, 3.05) is 13.7 Å². The van der Waals surface area contributed by atoms with E-state index in [-0.39, 0.29) is 0 Å². The topological polar surface area (TPSA) is 83.6 Å². The van der Waals surface area contributed by atoms with E-state index < -0.39 is 12.0 Å². The van der Waals surface area contributed by atoms with Gasteiger partial charge in [-0.05, 0) is 24.6 Å². The number of hydrogen-bond acceptors (Lipinski definition) is 4. The van der Waals surface area contributed by atoms with Gasteiger partial charge in [-0.1, -0.05) is 30.3 Å². The average molecular weight is 368 g/mol. The molecule has 2 aromatic carbocycles. The summed E-state index contributed by atoms with van der Waals surface area (Å²) < 4.78 is 11.1. The third-order valence-corrected chi connectivity index (χ3v) is 4.51. The molecule has 0 fully saturated rings. The number of aromatic amines is 1. The molecule has 0 unspecified atom stereocenters. The maximum Gasteiger partial charge on any atom is 0.321 e. The van der Waals surface area contributed by atoms with Crippen LogP contribution in [0.2, 0.25) is 0 Å². The van der Waals surface area contributed by atoms with Crippen molar-refractivity contribution in [3.63, 3.8) is 0 Å². The summed E-state index contributed by atoms with van der Waals surface area (Å²) in [5.74, 6) is 0.395. The zero-order chi connectivity index (χ0) is 19.2. The van der Waals surface area contributed by atoms with Crippen molar-refractivity contribution in [1.82, 2.24) is 10.3 Å². The number of H-pyrrole nitrogens is 1. The van der Waals surface area contributed by atoms with Crippen molar-refractivity contribution in [2.24, 2.45) is 0 Å². The predicted octanol–water partition coefficient (Wildman–Crippen LogP) is 3.36. The number of methoxy groups -OCH3 is 1. The maximum atomic E-state index is 11.8. The van der Waals surface area contributed by atoms with Gasteiger partial charge < -0.3 is 19.6 Å². The summed E-state index contributed by atoms with van der Waals surface area (Å²) >= 11 is 0. The molecule has 1 heterocycles. The summed E-state index contributed by atoms with van der Waals surface area (Å²) in [6, 6.07) is 12.8. The van der Waals surface area contributed by atoms with Crippen molar-refractivity contribution in [3.8, 4) is 11.5 Å². The summed E-state index contributed by atoms with van der Waals surface area (Å²) in [5, 5.41) is 13.9. The lowest BCUT2D eigenvalue weighted by Gasteiger charge is -2.17. The monoisotopic (exact) mass is 368 g/mol. The smallest absolute Gasteiger partial charge is 0.321 e. The first-order chi connectivity index (χ1) is 13.1. The highest BCUT2D eigenvalue weighted by atomic mass is 16.5. The van der Waals surface area contributed by atoms with E-state index in [4.69, 9.17) is 9.47 Å². The molecule has 0 aliphatic heterocycles. The first-order valence-corrected chi connectivity index (χ1v) is 8.93. The van der Waals surface area contributed by atoms with E-state index in [1.807, 2.05) is 55.6 Å². The van der Waals surface area contributed by atoms with Crippen LogP contribution in [0.15, 0.2) is 48.7 Å². The first kappa shape index (κ1) is 18.8. The van der Waals surface area contributed by atoms with Crippen LogP contribution in [0.1, 0.15) is 18.1 Å². The Labute approximate surface area is 158 Å². The van der Waals surface area contributed by atoms with Crippen LogP contribution in [0, 0.1) is 0 Å². The number of benzene rings is 2. The standard InChI is InChI=1S/C21H24N2O4/c1-3-27-20-14(7-6-10-19(20)26-2)12-23-18(21(24)25)11-15-13-22-17-9-5-4-8-16(15)17/h4-10,13,18,22-23H,3,11-12H2,1-2H3,(H,24,25)/t18-/m0/s1. The number of para-hydroxylation sites is 2. The van der Waals surface area contributed by atoms with E-state index in [1.165, 1.54) is 0 Å². The van der Waals surface area contributed by atoms with Crippen LogP contribution in [0.5, 0.6) is 11.5 Å². The lowest BCUT2D eigenvalue weighted by molar-refractivity contribution is -0.139. The van der Waals surface area contributed by atoms with E-state index in [0.29, 0.717) is 31.1 Å². The zero-order valence-corrected chi connectivity index (χ0v) is 15.5. The third-order valence-electron chi connectivity index (χ3n) is 4.51. The van der Waals surface area contributed by atoms with Crippen molar-refractivity contribution < 1.29 is 19.4 Å². The molecule has 27 heavy (non-hydrogen) atoms. The molecule has 3 rings (SSSR count). The Balaban J connectivity index is 1.77. The lowest BCUT2D eigenvalue weighted by Crippen LogP contribution is -2.38. The van der Waals surface area contributed by atoms with Gasteiger partial charge in [0.05, 0.1) is 13.7 Å². The molecule has 0 aliphatic carbocycles. The number of aliphatic carboxylic acids is 1. The Morgan fingerprint density at radius 3 is 2.74 bits per heavy atom. The average Bonchev–Trinajstić information content (AvgIpc) is 3.09. The number of carboxylic acids is 1. The minimum Gasteiger partial charge on any atom is -0.493 e. The SMILES string of the molecule is CCOc1c(CN[C@@H](Cc2c[nH]c3ccccc23)C(=O)O)cccc1OC. The number of fused-ring (bicyclic) bond motifs is 1. The van der Waals surface area contributed by atoms with Crippen molar-refractivity contribution in [3.05, 3.63) is 59.8 Å². The largest absolute Gasteiger partial charge is 0.493 e. The van der Waals surface area contributed by atoms with Crippen molar-refractivity contribution in [2.45, 2.75) is 25.9 Å². The van der Waals surface area contributed by atoms with Crippen LogP contribution in [-0.4, -0.2) is 35.8 Å². The van der Waals surface area contributed by atoms with Crippen molar-refractivity contribution in [1.29, 1.82) is 0 Å². The molecule has 142 valence electrons. The predicted molar refractivity (Wildman–Crippen MR) is 104 cm³/mol. The fourth-order valence-electron chi connectivity index (χ4n) is 3.17. The van der Waals surface area contributed by atoms with Gasteiger partial charge in [0.2, 0.25) is 0 Å². The number of hydrogen-bond donors (Lipinski definition) is 3. The van der Waals surface area contributed by atoms with Crippen LogP contribution in [0.3, 0.4) is 0 Å². The molecular weight excluding hydrogens is 344 g/mol. The molecule has 3 N–H and O–H groups in total. The quantitative estimate of drug-likeness (QED) is 0.539. The van der Waals surface area contributed by atoms with E-state index in [1.54, 1.807) is 7.11 Å². The summed E-state index contributed by atoms with van der Waals surface area (Å²) in [5.41, 5.74) is 2.84. The molecule has 0 radical (unpaired) electrons. The number of carbonyl (C=O) groups is 1. The van der Waals surface area contributed by atoms with Crippen LogP contribution in [0.4, 0.5) is 0 Å². The fraction of sp³-hybridized carbons (Fsp3) is 0.286. The second kappa shape index (κ2) is 8.60. The van der Waals surface area contributed by atoms with Gasteiger partial charge in [-0.25, -0.2) is 0 Å². The minimum atomic E-state index is -0.888. The molecule has 1 atom stereocenters. The Hall–Kier alpha value is -2.99. The second-order valence-electron chi connectivity index (χ2n) is 6.22. The summed E-state index contributed by atoms with van der Waals surface area (Å²) in [6.07, 6.45) is 2.26. The molecule has 0 bridgehead atoms. The second-order valence-corrected chi connectivity index (χ2v) is 6.22. The summed E-state index contributed by atoms with van der Waals surface area (Å²) in [6.45, 7) is 2.78. The molecule has 6 heteroatoms. The number of carboxylic acid groups (broad SMARTS) is 1. The Kier molecular flexibility index (Phi) is 5.98. The zero-order valence-electron chi connectivity index (χ0n) is 15.5. The molecule has 0 spiro atoms. The summed E-state index contributed by atoms with van der Waals surface area (Å²) in [4.78, 5) is 15.0. The Morgan fingerprint density at radius 1 is 1.19 bits per heavy atom. The van der Waals surface area contributed by atoms with Crippen LogP contribution < -0.4 is 14.8 Å². The summed E-state index contributed by atoms with van der Waals surface area (Å²) in [7, 11) is 1.59. The highest BCUT2D eigenvalue weighted by Gasteiger charge is 2.20. The van der Waals surface area contributed by atoms with E-state index >= 15 is 0 Å². The van der Waals surface area contributed by atoms with E-state index in [2.05, 4.69) is 10.3 Å². The minimum absolute atomic E-state index is 0.367. The van der Waals surface area contributed by atoms with Gasteiger partial charge in [-0.15, -0.1) is 0 Å². The van der Waals surface area contributed by atoms with Crippen LogP contribution in [0.25, 0.3) is 10.9 Å². The van der Waals surface area contributed by atoms with E-state index in [9.17, 15) is 9.90 Å². The van der Waals surface area contributed by atoms with Gasteiger partial charge in [-0.3, -0.25) is 10.1 Å². The highest BCUT2D eigenvalue weighted by Crippen LogP contribution is 2.31. The molecule has 0 amide bonds. The van der Waals surface area contributed by atoms with Gasteiger partial charge in [0, 0.05) is 35.6 Å². The van der Waals surface area contributed by atoms with Gasteiger partial charge in [0.1, 0.15) is 6.04 Å². The van der Waals surface area contributed by atoms with Gasteiger partial charge in [0.15, 0.2) is 11.5 Å². The molecule has 3 aromatic rings. The van der Waals surface area contributed by atoms with Gasteiger partial charge in [0.25, 0.3) is 0 Å². The molecule has 0 saturated heterocycles. The lowest BCUT2D eigenvalue weighted by atomic mass is 10.0. The molecule has 0 saturated carbocycles.